The van der Waals surface area contributed by atoms with Gasteiger partial charge in [-0.15, -0.1) is 0 Å². The van der Waals surface area contributed by atoms with Gasteiger partial charge in [-0.05, 0) is 92.6 Å². The standard InChI is InChI=1S/C39H42FN7O3/c40-35-31(33-21-29(48)20-26-6-1-2-7-30(26)33)11-12-32-36(35)42-38(50-24-39-13-4-17-46(39)18-5-14-39)43-37(32)45-22-27-9-10-28(23-45)47(27)34(49)8-3-16-44-19-15-41-25-44/h1-2,6-7,11-12,15,19-21,25,27-28,48H,3-5,8-10,13-14,16-18,22-24H2/t27-,28+. The Balaban J connectivity index is 1.06. The molecule has 0 radical (unpaired) electrons. The first-order chi connectivity index (χ1) is 24.5. The van der Waals surface area contributed by atoms with Crippen LogP contribution < -0.4 is 9.64 Å². The highest BCUT2D eigenvalue weighted by atomic mass is 19.1. The number of imidazole rings is 1. The number of aryl methyl sites for hydroxylation is 1. The van der Waals surface area contributed by atoms with Gasteiger partial charge in [0.1, 0.15) is 23.7 Å². The zero-order chi connectivity index (χ0) is 33.8. The summed E-state index contributed by atoms with van der Waals surface area (Å²) in [7, 11) is 0. The molecule has 0 aliphatic carbocycles. The van der Waals surface area contributed by atoms with Crippen molar-refractivity contribution >= 4 is 33.4 Å². The summed E-state index contributed by atoms with van der Waals surface area (Å²) in [6.45, 7) is 4.64. The number of carbonyl (C=O) groups excluding carboxylic acids is 1. The summed E-state index contributed by atoms with van der Waals surface area (Å²) in [6, 6.07) is 15.0. The number of benzene rings is 3. The molecule has 258 valence electrons. The van der Waals surface area contributed by atoms with Crippen LogP contribution in [0, 0.1) is 5.82 Å². The fourth-order valence-electron chi connectivity index (χ4n) is 9.26. The van der Waals surface area contributed by atoms with E-state index in [9.17, 15) is 9.90 Å². The SMILES string of the molecule is O=C(CCCn1ccnc1)N1[C@@H]2CC[C@H]1CN(c1nc(OCC34CCCN3CCC4)nc3c(F)c(-c4cc(O)cc5ccccc45)ccc13)C2. The summed E-state index contributed by atoms with van der Waals surface area (Å²) in [5, 5.41) is 12.9. The molecule has 4 aliphatic rings. The molecule has 0 unspecified atom stereocenters. The molecule has 1 amide bonds. The molecule has 5 aromatic rings. The van der Waals surface area contributed by atoms with Crippen LogP contribution in [-0.4, -0.2) is 90.7 Å². The van der Waals surface area contributed by atoms with Crippen molar-refractivity contribution in [3.05, 3.63) is 73.1 Å². The average Bonchev–Trinajstić information content (AvgIpc) is 3.92. The van der Waals surface area contributed by atoms with E-state index in [-0.39, 0.29) is 40.8 Å². The third kappa shape index (κ3) is 5.42. The van der Waals surface area contributed by atoms with E-state index in [1.165, 1.54) is 0 Å². The fourth-order valence-corrected chi connectivity index (χ4v) is 9.26. The van der Waals surface area contributed by atoms with Gasteiger partial charge in [0.2, 0.25) is 5.91 Å². The first-order valence-corrected chi connectivity index (χ1v) is 18.1. The summed E-state index contributed by atoms with van der Waals surface area (Å²) in [4.78, 5) is 34.2. The summed E-state index contributed by atoms with van der Waals surface area (Å²) in [5.74, 6) is 0.447. The van der Waals surface area contributed by atoms with Gasteiger partial charge in [0.25, 0.3) is 0 Å². The lowest BCUT2D eigenvalue weighted by Crippen LogP contribution is -2.56. The number of nitrogens with zero attached hydrogens (tertiary/aromatic N) is 7. The van der Waals surface area contributed by atoms with Gasteiger partial charge in [0, 0.05) is 61.5 Å². The van der Waals surface area contributed by atoms with Crippen LogP contribution in [0.1, 0.15) is 51.4 Å². The van der Waals surface area contributed by atoms with Gasteiger partial charge in [0.15, 0.2) is 5.82 Å². The van der Waals surface area contributed by atoms with Gasteiger partial charge in [-0.2, -0.15) is 9.97 Å². The highest BCUT2D eigenvalue weighted by molar-refractivity contribution is 6.01. The van der Waals surface area contributed by atoms with Crippen LogP contribution >= 0.6 is 0 Å². The summed E-state index contributed by atoms with van der Waals surface area (Å²) >= 11 is 0. The number of phenolic OH excluding ortho intramolecular Hbond substituents is 1. The molecule has 6 heterocycles. The predicted octanol–water partition coefficient (Wildman–Crippen LogP) is 6.16. The zero-order valence-corrected chi connectivity index (χ0v) is 28.2. The van der Waals surface area contributed by atoms with Crippen molar-refractivity contribution in [1.82, 2.24) is 29.3 Å². The van der Waals surface area contributed by atoms with Gasteiger partial charge in [-0.25, -0.2) is 9.37 Å². The highest BCUT2D eigenvalue weighted by Crippen LogP contribution is 2.42. The highest BCUT2D eigenvalue weighted by Gasteiger charge is 2.46. The fraction of sp³-hybridized carbons (Fsp3) is 0.436. The van der Waals surface area contributed by atoms with E-state index in [0.29, 0.717) is 48.4 Å². The van der Waals surface area contributed by atoms with Crippen LogP contribution in [0.25, 0.3) is 32.8 Å². The molecule has 0 spiro atoms. The van der Waals surface area contributed by atoms with E-state index in [1.54, 1.807) is 30.7 Å². The third-order valence-electron chi connectivity index (χ3n) is 11.6. The van der Waals surface area contributed by atoms with Crippen molar-refractivity contribution in [2.75, 3.05) is 37.7 Å². The lowest BCUT2D eigenvalue weighted by molar-refractivity contribution is -0.134. The predicted molar refractivity (Wildman–Crippen MR) is 190 cm³/mol. The maximum Gasteiger partial charge on any atom is 0.319 e. The molecule has 2 atom stereocenters. The number of halogens is 1. The van der Waals surface area contributed by atoms with Crippen molar-refractivity contribution in [3.63, 3.8) is 0 Å². The molecule has 2 aromatic heterocycles. The van der Waals surface area contributed by atoms with Crippen molar-refractivity contribution in [3.8, 4) is 22.9 Å². The quantitative estimate of drug-likeness (QED) is 0.199. The lowest BCUT2D eigenvalue weighted by atomic mass is 9.95. The number of aromatic nitrogens is 4. The molecular weight excluding hydrogens is 633 g/mol. The molecule has 4 fully saturated rings. The van der Waals surface area contributed by atoms with Gasteiger partial charge in [-0.1, -0.05) is 30.3 Å². The van der Waals surface area contributed by atoms with Crippen LogP contribution in [0.4, 0.5) is 10.2 Å². The Morgan fingerprint density at radius 2 is 1.78 bits per heavy atom. The molecule has 10 nitrogen and oxygen atoms in total. The number of ether oxygens (including phenoxy) is 1. The van der Waals surface area contributed by atoms with Crippen LogP contribution in [0.5, 0.6) is 11.8 Å². The van der Waals surface area contributed by atoms with Crippen molar-refractivity contribution in [2.45, 2.75) is 75.5 Å². The van der Waals surface area contributed by atoms with Gasteiger partial charge >= 0.3 is 6.01 Å². The number of hydrogen-bond donors (Lipinski definition) is 1. The van der Waals surface area contributed by atoms with Crippen molar-refractivity contribution < 1.29 is 19.0 Å². The Bertz CT molecular complexity index is 2050. The summed E-state index contributed by atoms with van der Waals surface area (Å²) < 4.78 is 25.4. The number of carbonyl (C=O) groups is 1. The van der Waals surface area contributed by atoms with E-state index in [2.05, 4.69) is 19.7 Å². The van der Waals surface area contributed by atoms with E-state index in [0.717, 1.165) is 75.4 Å². The van der Waals surface area contributed by atoms with Crippen molar-refractivity contribution in [2.24, 2.45) is 0 Å². The van der Waals surface area contributed by atoms with E-state index in [4.69, 9.17) is 14.7 Å². The van der Waals surface area contributed by atoms with Gasteiger partial charge < -0.3 is 24.2 Å². The minimum absolute atomic E-state index is 0.0116. The van der Waals surface area contributed by atoms with Crippen molar-refractivity contribution in [1.29, 1.82) is 0 Å². The molecule has 9 rings (SSSR count). The Kier molecular flexibility index (Phi) is 7.82. The number of anilines is 1. The molecule has 0 saturated carbocycles. The van der Waals surface area contributed by atoms with Crippen LogP contribution in [-0.2, 0) is 11.3 Å². The maximum atomic E-state index is 16.9. The molecule has 3 aromatic carbocycles. The Morgan fingerprint density at radius 3 is 2.56 bits per heavy atom. The van der Waals surface area contributed by atoms with E-state index in [1.807, 2.05) is 41.1 Å². The summed E-state index contributed by atoms with van der Waals surface area (Å²) in [6.07, 6.45) is 13.1. The molecule has 2 bridgehead atoms. The first kappa shape index (κ1) is 31.2. The molecule has 4 aliphatic heterocycles. The smallest absolute Gasteiger partial charge is 0.319 e. The second-order valence-corrected chi connectivity index (χ2v) is 14.6. The number of amides is 1. The number of piperazine rings is 1. The largest absolute Gasteiger partial charge is 0.508 e. The number of phenols is 1. The maximum absolute atomic E-state index is 16.9. The Hall–Kier alpha value is -4.77. The topological polar surface area (TPSA) is 99.9 Å². The van der Waals surface area contributed by atoms with Crippen LogP contribution in [0.3, 0.4) is 0 Å². The average molecular weight is 676 g/mol. The van der Waals surface area contributed by atoms with E-state index >= 15 is 4.39 Å². The Labute approximate surface area is 290 Å². The van der Waals surface area contributed by atoms with Crippen LogP contribution in [0.2, 0.25) is 0 Å². The second-order valence-electron chi connectivity index (χ2n) is 14.6. The van der Waals surface area contributed by atoms with Crippen LogP contribution in [0.15, 0.2) is 67.3 Å². The van der Waals surface area contributed by atoms with Gasteiger partial charge in [-0.3, -0.25) is 9.69 Å². The molecule has 4 saturated heterocycles. The minimum atomic E-state index is -0.469. The molecule has 1 N–H and O–H groups in total. The number of hydrogen-bond acceptors (Lipinski definition) is 8. The normalized spacial score (nSPS) is 21.4. The number of aromatic hydroxyl groups is 1. The second kappa shape index (κ2) is 12.5. The lowest BCUT2D eigenvalue weighted by Gasteiger charge is -2.42. The molecule has 50 heavy (non-hydrogen) atoms. The number of fused-ring (bicyclic) bond motifs is 5. The first-order valence-electron chi connectivity index (χ1n) is 18.1. The number of rotatable bonds is 9. The minimum Gasteiger partial charge on any atom is -0.508 e. The summed E-state index contributed by atoms with van der Waals surface area (Å²) in [5.41, 5.74) is 1.16. The molecular formula is C39H42FN7O3. The third-order valence-corrected chi connectivity index (χ3v) is 11.6. The van der Waals surface area contributed by atoms with E-state index < -0.39 is 5.82 Å². The molecule has 11 heteroatoms. The van der Waals surface area contributed by atoms with Gasteiger partial charge in [0.05, 0.1) is 11.9 Å². The Morgan fingerprint density at radius 1 is 0.980 bits per heavy atom. The zero-order valence-electron chi connectivity index (χ0n) is 28.2. The monoisotopic (exact) mass is 675 g/mol.